The second kappa shape index (κ2) is 9.12. The third kappa shape index (κ3) is 8.38. The van der Waals surface area contributed by atoms with Gasteiger partial charge in [0.05, 0.1) is 6.10 Å². The van der Waals surface area contributed by atoms with Gasteiger partial charge < -0.3 is 25.2 Å². The molecular formula is C17H27N3O4. The largest absolute Gasteiger partial charge is 0.491 e. The first kappa shape index (κ1) is 19.8. The molecule has 0 aliphatic rings. The van der Waals surface area contributed by atoms with Gasteiger partial charge in [0.2, 0.25) is 0 Å². The number of amides is 1. The molecule has 0 fully saturated rings. The van der Waals surface area contributed by atoms with Gasteiger partial charge in [-0.3, -0.25) is 5.41 Å². The maximum absolute atomic E-state index is 11.5. The van der Waals surface area contributed by atoms with Crippen LogP contribution in [0.25, 0.3) is 0 Å². The average molecular weight is 337 g/mol. The van der Waals surface area contributed by atoms with E-state index < -0.39 is 17.8 Å². The highest BCUT2D eigenvalue weighted by Gasteiger charge is 2.15. The lowest BCUT2D eigenvalue weighted by molar-refractivity contribution is 0.0529. The van der Waals surface area contributed by atoms with Crippen molar-refractivity contribution in [1.82, 2.24) is 10.6 Å². The molecule has 1 aromatic rings. The number of rotatable bonds is 7. The number of ether oxygens (including phenoxy) is 2. The summed E-state index contributed by atoms with van der Waals surface area (Å²) in [5.74, 6) is 0.891. The highest BCUT2D eigenvalue weighted by atomic mass is 16.6. The van der Waals surface area contributed by atoms with Gasteiger partial charge in [-0.15, -0.1) is 0 Å². The number of carbonyl (C=O) groups is 1. The van der Waals surface area contributed by atoms with Crippen molar-refractivity contribution in [3.63, 3.8) is 0 Å². The molecule has 1 atom stereocenters. The Morgan fingerprint density at radius 2 is 1.79 bits per heavy atom. The number of aliphatic hydroxyl groups is 1. The van der Waals surface area contributed by atoms with E-state index in [1.165, 1.54) is 0 Å². The number of hydrogen-bond donors (Lipinski definition) is 4. The molecule has 0 bridgehead atoms. The van der Waals surface area contributed by atoms with Crippen molar-refractivity contribution in [3.05, 3.63) is 29.8 Å². The Morgan fingerprint density at radius 3 is 2.33 bits per heavy atom. The lowest BCUT2D eigenvalue weighted by Gasteiger charge is -2.19. The molecule has 0 aliphatic carbocycles. The Bertz CT molecular complexity index is 536. The van der Waals surface area contributed by atoms with E-state index in [1.54, 1.807) is 52.0 Å². The van der Waals surface area contributed by atoms with Gasteiger partial charge in [0.1, 0.15) is 23.8 Å². The van der Waals surface area contributed by atoms with Crippen LogP contribution in [0.1, 0.15) is 33.3 Å². The van der Waals surface area contributed by atoms with E-state index in [2.05, 4.69) is 10.6 Å². The molecule has 0 radical (unpaired) electrons. The molecule has 134 valence electrons. The van der Waals surface area contributed by atoms with Crippen molar-refractivity contribution in [2.45, 2.75) is 39.4 Å². The van der Waals surface area contributed by atoms with E-state index in [0.29, 0.717) is 24.4 Å². The van der Waals surface area contributed by atoms with Gasteiger partial charge in [0.15, 0.2) is 0 Å². The summed E-state index contributed by atoms with van der Waals surface area (Å²) in [6.45, 7) is 8.05. The van der Waals surface area contributed by atoms with E-state index >= 15 is 0 Å². The van der Waals surface area contributed by atoms with Gasteiger partial charge in [-0.2, -0.15) is 0 Å². The third-order valence-electron chi connectivity index (χ3n) is 2.73. The first-order chi connectivity index (χ1) is 11.2. The predicted molar refractivity (Wildman–Crippen MR) is 92.7 cm³/mol. The third-order valence-corrected chi connectivity index (χ3v) is 2.73. The Hall–Kier alpha value is -2.28. The van der Waals surface area contributed by atoms with Crippen LogP contribution in [0.3, 0.4) is 0 Å². The summed E-state index contributed by atoms with van der Waals surface area (Å²) in [5, 5.41) is 22.7. The van der Waals surface area contributed by atoms with Gasteiger partial charge in [0, 0.05) is 18.7 Å². The van der Waals surface area contributed by atoms with E-state index in [9.17, 15) is 9.90 Å². The summed E-state index contributed by atoms with van der Waals surface area (Å²) in [6, 6.07) is 7.00. The van der Waals surface area contributed by atoms with Gasteiger partial charge >= 0.3 is 6.09 Å². The monoisotopic (exact) mass is 337 g/mol. The predicted octanol–water partition coefficient (Wildman–Crippen LogP) is 1.89. The zero-order valence-electron chi connectivity index (χ0n) is 14.7. The molecule has 0 saturated heterocycles. The van der Waals surface area contributed by atoms with Crippen molar-refractivity contribution in [2.75, 3.05) is 19.7 Å². The Balaban J connectivity index is 2.31. The minimum Gasteiger partial charge on any atom is -0.491 e. The maximum atomic E-state index is 11.5. The fourth-order valence-electron chi connectivity index (χ4n) is 1.70. The molecule has 1 aromatic carbocycles. The van der Waals surface area contributed by atoms with Crippen LogP contribution in [0.15, 0.2) is 24.3 Å². The van der Waals surface area contributed by atoms with Crippen molar-refractivity contribution in [1.29, 1.82) is 5.41 Å². The highest BCUT2D eigenvalue weighted by molar-refractivity contribution is 5.96. The molecule has 0 saturated carbocycles. The smallest absolute Gasteiger partial charge is 0.407 e. The van der Waals surface area contributed by atoms with Crippen LogP contribution < -0.4 is 15.4 Å². The van der Waals surface area contributed by atoms with E-state index in [4.69, 9.17) is 14.9 Å². The standard InChI is InChI=1S/C17H27N3O4/c1-12(21)11-23-14-7-5-13(6-8-14)15(18)19-9-10-20-16(22)24-17(2,3)4/h5-8,12,21H,9-11H2,1-4H3,(H2,18,19)(H,20,22). The van der Waals surface area contributed by atoms with E-state index in [-0.39, 0.29) is 12.4 Å². The topological polar surface area (TPSA) is 104 Å². The van der Waals surface area contributed by atoms with Crippen LogP contribution in [0.5, 0.6) is 5.75 Å². The van der Waals surface area contributed by atoms with Crippen LogP contribution in [-0.4, -0.2) is 48.4 Å². The Kier molecular flexibility index (Phi) is 7.51. The zero-order chi connectivity index (χ0) is 18.2. The van der Waals surface area contributed by atoms with Crippen LogP contribution in [0.4, 0.5) is 4.79 Å². The molecule has 24 heavy (non-hydrogen) atoms. The van der Waals surface area contributed by atoms with Crippen molar-refractivity contribution >= 4 is 11.9 Å². The van der Waals surface area contributed by atoms with Crippen molar-refractivity contribution < 1.29 is 19.4 Å². The number of amidine groups is 1. The molecule has 7 heteroatoms. The molecule has 0 aromatic heterocycles. The van der Waals surface area contributed by atoms with E-state index in [0.717, 1.165) is 0 Å². The number of carbonyl (C=O) groups excluding carboxylic acids is 1. The number of hydrogen-bond acceptors (Lipinski definition) is 5. The first-order valence-electron chi connectivity index (χ1n) is 7.88. The molecule has 7 nitrogen and oxygen atoms in total. The van der Waals surface area contributed by atoms with Gasteiger partial charge in [-0.1, -0.05) is 0 Å². The van der Waals surface area contributed by atoms with Crippen LogP contribution in [0, 0.1) is 5.41 Å². The highest BCUT2D eigenvalue weighted by Crippen LogP contribution is 2.12. The number of aliphatic hydroxyl groups excluding tert-OH is 1. The maximum Gasteiger partial charge on any atom is 0.407 e. The average Bonchev–Trinajstić information content (AvgIpc) is 2.48. The molecule has 0 heterocycles. The summed E-state index contributed by atoms with van der Waals surface area (Å²) in [4.78, 5) is 11.5. The van der Waals surface area contributed by atoms with Crippen molar-refractivity contribution in [3.8, 4) is 5.75 Å². The van der Waals surface area contributed by atoms with Gasteiger partial charge in [-0.25, -0.2) is 4.79 Å². The second-order valence-corrected chi connectivity index (χ2v) is 6.41. The minimum atomic E-state index is -0.526. The quantitative estimate of drug-likeness (QED) is 0.345. The van der Waals surface area contributed by atoms with Gasteiger partial charge in [0.25, 0.3) is 0 Å². The SMILES string of the molecule is CC(O)COc1ccc(C(=N)NCCNC(=O)OC(C)(C)C)cc1. The van der Waals surface area contributed by atoms with E-state index in [1.807, 2.05) is 0 Å². The molecule has 1 amide bonds. The van der Waals surface area contributed by atoms with Crippen molar-refractivity contribution in [2.24, 2.45) is 0 Å². The molecule has 1 unspecified atom stereocenters. The van der Waals surface area contributed by atoms with Crippen LogP contribution in [-0.2, 0) is 4.74 Å². The zero-order valence-corrected chi connectivity index (χ0v) is 14.7. The fourth-order valence-corrected chi connectivity index (χ4v) is 1.70. The number of nitrogens with one attached hydrogen (secondary N) is 3. The molecular weight excluding hydrogens is 310 g/mol. The lowest BCUT2D eigenvalue weighted by atomic mass is 10.2. The minimum absolute atomic E-state index is 0.228. The Morgan fingerprint density at radius 1 is 1.21 bits per heavy atom. The molecule has 1 rings (SSSR count). The molecule has 0 aliphatic heterocycles. The number of alkyl carbamates (subject to hydrolysis) is 1. The summed E-state index contributed by atoms with van der Waals surface area (Å²) in [5.41, 5.74) is 0.179. The van der Waals surface area contributed by atoms with Crippen LogP contribution in [0.2, 0.25) is 0 Å². The fraction of sp³-hybridized carbons (Fsp3) is 0.529. The Labute approximate surface area is 142 Å². The summed E-state index contributed by atoms with van der Waals surface area (Å²) in [7, 11) is 0. The second-order valence-electron chi connectivity index (χ2n) is 6.41. The first-order valence-corrected chi connectivity index (χ1v) is 7.88. The summed E-state index contributed by atoms with van der Waals surface area (Å²) >= 11 is 0. The molecule has 0 spiro atoms. The summed E-state index contributed by atoms with van der Waals surface area (Å²) in [6.07, 6.45) is -1.00. The molecule has 4 N–H and O–H groups in total. The lowest BCUT2D eigenvalue weighted by Crippen LogP contribution is -2.37. The summed E-state index contributed by atoms with van der Waals surface area (Å²) < 4.78 is 10.5. The normalized spacial score (nSPS) is 12.2. The van der Waals surface area contributed by atoms with Crippen LogP contribution >= 0.6 is 0 Å². The van der Waals surface area contributed by atoms with Gasteiger partial charge in [-0.05, 0) is 52.0 Å². The number of benzene rings is 1.